The Morgan fingerprint density at radius 2 is 2.10 bits per heavy atom. The molecule has 1 rings (SSSR count). The van der Waals surface area contributed by atoms with Crippen LogP contribution in [0.1, 0.15) is 32.3 Å². The molecule has 0 aromatic heterocycles. The van der Waals surface area contributed by atoms with E-state index < -0.39 is 6.10 Å². The lowest BCUT2D eigenvalue weighted by molar-refractivity contribution is 0.0110. The summed E-state index contributed by atoms with van der Waals surface area (Å²) in [6, 6.07) is 5.94. The van der Waals surface area contributed by atoms with Crippen molar-refractivity contribution in [2.24, 2.45) is 0 Å². The van der Waals surface area contributed by atoms with Gasteiger partial charge in [-0.1, -0.05) is 32.4 Å². The molecule has 0 heterocycles. The van der Waals surface area contributed by atoms with Gasteiger partial charge < -0.3 is 19.9 Å². The van der Waals surface area contributed by atoms with Gasteiger partial charge in [-0.05, 0) is 35.0 Å². The molecule has 0 aliphatic carbocycles. The van der Waals surface area contributed by atoms with Crippen LogP contribution in [0.15, 0.2) is 22.7 Å². The van der Waals surface area contributed by atoms with Gasteiger partial charge in [0, 0.05) is 18.7 Å². The summed E-state index contributed by atoms with van der Waals surface area (Å²) in [5, 5.41) is 13.2. The van der Waals surface area contributed by atoms with Crippen LogP contribution in [0.2, 0.25) is 0 Å². The number of halogens is 1. The van der Waals surface area contributed by atoms with Gasteiger partial charge in [0.05, 0.1) is 11.1 Å². The minimum Gasteiger partial charge on any atom is -0.489 e. The molecule has 1 aromatic rings. The summed E-state index contributed by atoms with van der Waals surface area (Å²) in [5.74, 6) is 0.783. The fourth-order valence-electron chi connectivity index (χ4n) is 1.81. The summed E-state index contributed by atoms with van der Waals surface area (Å²) in [4.78, 5) is 0. The Morgan fingerprint density at radius 1 is 1.29 bits per heavy atom. The highest BCUT2D eigenvalue weighted by Gasteiger charge is 2.11. The number of hydrogen-bond acceptors (Lipinski definition) is 4. The largest absolute Gasteiger partial charge is 0.489 e. The SMILES string of the molecule is CCCCOCC(O)COc1c(Br)cccc1CNCC. The molecule has 0 fully saturated rings. The van der Waals surface area contributed by atoms with Gasteiger partial charge in [-0.25, -0.2) is 0 Å². The molecule has 120 valence electrons. The molecule has 0 radical (unpaired) electrons. The molecule has 0 aliphatic heterocycles. The first-order valence-corrected chi connectivity index (χ1v) is 8.35. The van der Waals surface area contributed by atoms with E-state index in [1.807, 2.05) is 18.2 Å². The van der Waals surface area contributed by atoms with Crippen molar-refractivity contribution in [3.8, 4) is 5.75 Å². The smallest absolute Gasteiger partial charge is 0.138 e. The average molecular weight is 360 g/mol. The maximum atomic E-state index is 9.89. The number of benzene rings is 1. The topological polar surface area (TPSA) is 50.7 Å². The molecule has 21 heavy (non-hydrogen) atoms. The number of aliphatic hydroxyl groups excluding tert-OH is 1. The van der Waals surface area contributed by atoms with Crippen LogP contribution in [-0.2, 0) is 11.3 Å². The molecule has 0 bridgehead atoms. The number of aliphatic hydroxyl groups is 1. The first kappa shape index (κ1) is 18.4. The van der Waals surface area contributed by atoms with Crippen molar-refractivity contribution < 1.29 is 14.6 Å². The van der Waals surface area contributed by atoms with Crippen LogP contribution in [0, 0.1) is 0 Å². The van der Waals surface area contributed by atoms with E-state index in [2.05, 4.69) is 35.1 Å². The summed E-state index contributed by atoms with van der Waals surface area (Å²) in [6.45, 7) is 7.06. The second-order valence-corrected chi connectivity index (χ2v) is 5.76. The van der Waals surface area contributed by atoms with Crippen LogP contribution in [0.5, 0.6) is 5.75 Å². The van der Waals surface area contributed by atoms with Gasteiger partial charge in [-0.15, -0.1) is 0 Å². The van der Waals surface area contributed by atoms with Crippen LogP contribution in [0.4, 0.5) is 0 Å². The van der Waals surface area contributed by atoms with E-state index in [1.165, 1.54) is 0 Å². The van der Waals surface area contributed by atoms with Gasteiger partial charge >= 0.3 is 0 Å². The van der Waals surface area contributed by atoms with Crippen molar-refractivity contribution in [2.45, 2.75) is 39.3 Å². The molecule has 0 spiro atoms. The molecule has 0 saturated carbocycles. The van der Waals surface area contributed by atoms with Crippen molar-refractivity contribution in [2.75, 3.05) is 26.4 Å². The second-order valence-electron chi connectivity index (χ2n) is 4.90. The highest BCUT2D eigenvalue weighted by molar-refractivity contribution is 9.10. The Morgan fingerprint density at radius 3 is 2.81 bits per heavy atom. The van der Waals surface area contributed by atoms with Gasteiger partial charge in [0.15, 0.2) is 0 Å². The molecule has 0 aliphatic rings. The molecule has 4 nitrogen and oxygen atoms in total. The second kappa shape index (κ2) is 11.0. The lowest BCUT2D eigenvalue weighted by Crippen LogP contribution is -2.24. The Labute approximate surface area is 136 Å². The van der Waals surface area contributed by atoms with Crippen LogP contribution < -0.4 is 10.1 Å². The predicted molar refractivity (Wildman–Crippen MR) is 88.8 cm³/mol. The van der Waals surface area contributed by atoms with Crippen molar-refractivity contribution in [1.82, 2.24) is 5.32 Å². The number of hydrogen-bond donors (Lipinski definition) is 2. The van der Waals surface area contributed by atoms with E-state index in [0.717, 1.165) is 41.7 Å². The zero-order valence-electron chi connectivity index (χ0n) is 12.9. The predicted octanol–water partition coefficient (Wildman–Crippen LogP) is 3.12. The average Bonchev–Trinajstić information content (AvgIpc) is 2.48. The minimum absolute atomic E-state index is 0.230. The summed E-state index contributed by atoms with van der Waals surface area (Å²) in [6.07, 6.45) is 1.50. The lowest BCUT2D eigenvalue weighted by atomic mass is 10.2. The molecule has 1 unspecified atom stereocenters. The first-order valence-electron chi connectivity index (χ1n) is 7.55. The van der Waals surface area contributed by atoms with Gasteiger partial charge in [0.25, 0.3) is 0 Å². The standard InChI is InChI=1S/C16H26BrNO3/c1-3-5-9-20-11-14(19)12-21-16-13(10-18-4-2)7-6-8-15(16)17/h6-8,14,18-19H,3-5,9-12H2,1-2H3. The number of para-hydroxylation sites is 1. The highest BCUT2D eigenvalue weighted by atomic mass is 79.9. The normalized spacial score (nSPS) is 12.4. The van der Waals surface area contributed by atoms with Gasteiger partial charge in [0.2, 0.25) is 0 Å². The highest BCUT2D eigenvalue weighted by Crippen LogP contribution is 2.29. The van der Waals surface area contributed by atoms with Crippen LogP contribution in [0.3, 0.4) is 0 Å². The van der Waals surface area contributed by atoms with E-state index >= 15 is 0 Å². The maximum absolute atomic E-state index is 9.89. The third kappa shape index (κ3) is 7.27. The fraction of sp³-hybridized carbons (Fsp3) is 0.625. The molecule has 2 N–H and O–H groups in total. The summed E-state index contributed by atoms with van der Waals surface area (Å²) in [5.41, 5.74) is 1.07. The van der Waals surface area contributed by atoms with E-state index in [4.69, 9.17) is 9.47 Å². The third-order valence-corrected chi connectivity index (χ3v) is 3.61. The number of rotatable bonds is 11. The monoisotopic (exact) mass is 359 g/mol. The minimum atomic E-state index is -0.610. The Hall–Kier alpha value is -0.620. The number of ether oxygens (including phenoxy) is 2. The molecule has 1 atom stereocenters. The summed E-state index contributed by atoms with van der Waals surface area (Å²) >= 11 is 3.50. The molecular formula is C16H26BrNO3. The van der Waals surface area contributed by atoms with E-state index in [9.17, 15) is 5.11 Å². The Kier molecular flexibility index (Phi) is 9.67. The van der Waals surface area contributed by atoms with E-state index in [1.54, 1.807) is 0 Å². The Balaban J connectivity index is 2.46. The van der Waals surface area contributed by atoms with Gasteiger partial charge in [-0.3, -0.25) is 0 Å². The zero-order chi connectivity index (χ0) is 15.5. The number of unbranched alkanes of at least 4 members (excludes halogenated alkanes) is 1. The lowest BCUT2D eigenvalue weighted by Gasteiger charge is -2.16. The van der Waals surface area contributed by atoms with E-state index in [0.29, 0.717) is 13.2 Å². The Bertz CT molecular complexity index is 401. The quantitative estimate of drug-likeness (QED) is 0.596. The summed E-state index contributed by atoms with van der Waals surface area (Å²) in [7, 11) is 0. The first-order chi connectivity index (χ1) is 10.2. The molecular weight excluding hydrogens is 334 g/mol. The molecule has 0 amide bonds. The van der Waals surface area contributed by atoms with Crippen molar-refractivity contribution in [3.05, 3.63) is 28.2 Å². The van der Waals surface area contributed by atoms with Crippen molar-refractivity contribution >= 4 is 15.9 Å². The molecule has 5 heteroatoms. The zero-order valence-corrected chi connectivity index (χ0v) is 14.5. The van der Waals surface area contributed by atoms with Gasteiger partial charge in [0.1, 0.15) is 18.5 Å². The third-order valence-electron chi connectivity index (χ3n) is 2.99. The van der Waals surface area contributed by atoms with E-state index in [-0.39, 0.29) is 6.61 Å². The maximum Gasteiger partial charge on any atom is 0.138 e. The fourth-order valence-corrected chi connectivity index (χ4v) is 2.33. The van der Waals surface area contributed by atoms with Crippen LogP contribution in [-0.4, -0.2) is 37.6 Å². The molecule has 0 saturated heterocycles. The van der Waals surface area contributed by atoms with Crippen LogP contribution >= 0.6 is 15.9 Å². The molecule has 1 aromatic carbocycles. The van der Waals surface area contributed by atoms with Crippen molar-refractivity contribution in [3.63, 3.8) is 0 Å². The number of nitrogens with one attached hydrogen (secondary N) is 1. The van der Waals surface area contributed by atoms with Crippen LogP contribution in [0.25, 0.3) is 0 Å². The van der Waals surface area contributed by atoms with Crippen molar-refractivity contribution in [1.29, 1.82) is 0 Å². The summed E-state index contributed by atoms with van der Waals surface area (Å²) < 4.78 is 12.1. The van der Waals surface area contributed by atoms with Gasteiger partial charge in [-0.2, -0.15) is 0 Å².